The van der Waals surface area contributed by atoms with Crippen LogP contribution < -0.4 is 5.32 Å². The van der Waals surface area contributed by atoms with E-state index in [0.717, 1.165) is 48.3 Å². The fourth-order valence-electron chi connectivity index (χ4n) is 4.76. The van der Waals surface area contributed by atoms with Gasteiger partial charge in [-0.1, -0.05) is 65.7 Å². The van der Waals surface area contributed by atoms with E-state index < -0.39 is 17.6 Å². The summed E-state index contributed by atoms with van der Waals surface area (Å²) >= 11 is 12.3. The summed E-state index contributed by atoms with van der Waals surface area (Å²) in [6.07, 6.45) is -3.79. The Labute approximate surface area is 228 Å². The third-order valence-electron chi connectivity index (χ3n) is 6.56. The molecule has 38 heavy (non-hydrogen) atoms. The summed E-state index contributed by atoms with van der Waals surface area (Å²) in [7, 11) is 0. The molecule has 0 atom stereocenters. The number of carbonyl (C=O) groups excluding carboxylic acids is 1. The Morgan fingerprint density at radius 3 is 2.32 bits per heavy atom. The highest BCUT2D eigenvalue weighted by Crippen LogP contribution is 2.34. The van der Waals surface area contributed by atoms with Crippen LogP contribution in [0, 0.1) is 0 Å². The first-order valence-corrected chi connectivity index (χ1v) is 12.8. The summed E-state index contributed by atoms with van der Waals surface area (Å²) in [4.78, 5) is 15.5. The lowest BCUT2D eigenvalue weighted by Gasteiger charge is -2.29. The van der Waals surface area contributed by atoms with Gasteiger partial charge in [-0.05, 0) is 76.7 Å². The highest BCUT2D eigenvalue weighted by molar-refractivity contribution is 6.34. The van der Waals surface area contributed by atoms with Crippen molar-refractivity contribution >= 4 is 34.8 Å². The molecular weight excluding hydrogens is 532 g/mol. The Bertz CT molecular complexity index is 1470. The van der Waals surface area contributed by atoms with Gasteiger partial charge in [-0.2, -0.15) is 13.2 Å². The van der Waals surface area contributed by atoms with E-state index in [4.69, 9.17) is 23.2 Å². The Balaban J connectivity index is 1.35. The van der Waals surface area contributed by atoms with Crippen LogP contribution in [0.2, 0.25) is 10.0 Å². The molecule has 0 saturated carbocycles. The van der Waals surface area contributed by atoms with Crippen LogP contribution in [0.5, 0.6) is 0 Å². The maximum atomic E-state index is 13.4. The summed E-state index contributed by atoms with van der Waals surface area (Å²) in [6, 6.07) is 23.3. The molecule has 1 heterocycles. The average Bonchev–Trinajstić information content (AvgIpc) is 2.88. The molecule has 0 saturated heterocycles. The monoisotopic (exact) mass is 554 g/mol. The maximum absolute atomic E-state index is 13.4. The average molecular weight is 555 g/mol. The van der Waals surface area contributed by atoms with E-state index in [2.05, 4.69) is 10.2 Å². The zero-order chi connectivity index (χ0) is 26.9. The molecule has 4 aromatic rings. The number of fused-ring (bicyclic) bond motifs is 1. The smallest absolute Gasteiger partial charge is 0.322 e. The van der Waals surface area contributed by atoms with Crippen LogP contribution in [-0.2, 0) is 25.7 Å². The van der Waals surface area contributed by atoms with Gasteiger partial charge in [0.1, 0.15) is 0 Å². The molecule has 194 valence electrons. The van der Waals surface area contributed by atoms with Gasteiger partial charge in [-0.25, -0.2) is 0 Å². The van der Waals surface area contributed by atoms with E-state index in [0.29, 0.717) is 33.4 Å². The second kappa shape index (κ2) is 10.8. The predicted molar refractivity (Wildman–Crippen MR) is 146 cm³/mol. The van der Waals surface area contributed by atoms with Crippen molar-refractivity contribution < 1.29 is 18.0 Å². The Morgan fingerprint density at radius 1 is 0.868 bits per heavy atom. The van der Waals surface area contributed by atoms with Crippen molar-refractivity contribution in [3.63, 3.8) is 0 Å². The van der Waals surface area contributed by atoms with Crippen LogP contribution in [0.1, 0.15) is 32.6 Å². The van der Waals surface area contributed by atoms with Crippen LogP contribution in [0.4, 0.5) is 18.9 Å². The van der Waals surface area contributed by atoms with E-state index in [-0.39, 0.29) is 5.56 Å². The Hall–Kier alpha value is -3.32. The third-order valence-corrected chi connectivity index (χ3v) is 7.00. The molecule has 8 heteroatoms. The highest BCUT2D eigenvalue weighted by atomic mass is 35.5. The normalized spacial score (nSPS) is 13.7. The van der Waals surface area contributed by atoms with Gasteiger partial charge in [-0.15, -0.1) is 0 Å². The standard InChI is InChI=1S/C30H23Cl2F3N2O/c31-24-12-19(13-25(32)16-24)17-37-11-10-21-14-26(8-6-22(21)18-37)36-29(38)28-15-23(30(33,34)35)7-9-27(28)20-4-2-1-3-5-20/h1-9,12-16H,10-11,17-18H2,(H,36,38). The van der Waals surface area contributed by atoms with Gasteiger partial charge < -0.3 is 5.32 Å². The van der Waals surface area contributed by atoms with Crippen molar-refractivity contribution in [1.82, 2.24) is 4.90 Å². The van der Waals surface area contributed by atoms with E-state index >= 15 is 0 Å². The number of benzene rings is 4. The van der Waals surface area contributed by atoms with Gasteiger partial charge in [0, 0.05) is 40.9 Å². The van der Waals surface area contributed by atoms with Gasteiger partial charge >= 0.3 is 6.18 Å². The zero-order valence-electron chi connectivity index (χ0n) is 20.2. The summed E-state index contributed by atoms with van der Waals surface area (Å²) < 4.78 is 40.3. The Morgan fingerprint density at radius 2 is 1.61 bits per heavy atom. The molecule has 0 aromatic heterocycles. The van der Waals surface area contributed by atoms with Gasteiger partial charge in [0.05, 0.1) is 5.56 Å². The molecule has 0 spiro atoms. The number of alkyl halides is 3. The van der Waals surface area contributed by atoms with Crippen molar-refractivity contribution in [2.75, 3.05) is 11.9 Å². The van der Waals surface area contributed by atoms with E-state index in [1.807, 2.05) is 30.3 Å². The molecule has 0 fully saturated rings. The minimum atomic E-state index is -4.56. The van der Waals surface area contributed by atoms with Crippen molar-refractivity contribution in [2.45, 2.75) is 25.7 Å². The number of halogens is 5. The van der Waals surface area contributed by atoms with Crippen molar-refractivity contribution in [3.8, 4) is 11.1 Å². The first kappa shape index (κ1) is 26.3. The molecule has 0 bridgehead atoms. The summed E-state index contributed by atoms with van der Waals surface area (Å²) in [5, 5.41) is 4.01. The predicted octanol–water partition coefficient (Wildman–Crippen LogP) is 8.49. The summed E-state index contributed by atoms with van der Waals surface area (Å²) in [5.74, 6) is -0.592. The van der Waals surface area contributed by atoms with Crippen molar-refractivity contribution in [3.05, 3.63) is 123 Å². The van der Waals surface area contributed by atoms with Crippen LogP contribution in [0.25, 0.3) is 11.1 Å². The van der Waals surface area contributed by atoms with E-state index in [1.165, 1.54) is 6.07 Å². The van der Waals surface area contributed by atoms with Gasteiger partial charge in [0.2, 0.25) is 0 Å². The first-order valence-electron chi connectivity index (χ1n) is 12.0. The maximum Gasteiger partial charge on any atom is 0.416 e. The number of carbonyl (C=O) groups is 1. The fraction of sp³-hybridized carbons (Fsp3) is 0.167. The lowest BCUT2D eigenvalue weighted by Crippen LogP contribution is -2.30. The highest BCUT2D eigenvalue weighted by Gasteiger charge is 2.32. The molecule has 1 N–H and O–H groups in total. The van der Waals surface area contributed by atoms with E-state index in [9.17, 15) is 18.0 Å². The lowest BCUT2D eigenvalue weighted by molar-refractivity contribution is -0.137. The van der Waals surface area contributed by atoms with Crippen LogP contribution in [0.3, 0.4) is 0 Å². The van der Waals surface area contributed by atoms with Gasteiger partial charge in [0.25, 0.3) is 5.91 Å². The fourth-order valence-corrected chi connectivity index (χ4v) is 5.33. The lowest BCUT2D eigenvalue weighted by atomic mass is 9.96. The second-order valence-corrected chi connectivity index (χ2v) is 10.2. The first-order chi connectivity index (χ1) is 18.2. The van der Waals surface area contributed by atoms with Gasteiger partial charge in [-0.3, -0.25) is 9.69 Å². The molecular formula is C30H23Cl2F3N2O. The minimum Gasteiger partial charge on any atom is -0.322 e. The number of anilines is 1. The zero-order valence-corrected chi connectivity index (χ0v) is 21.7. The molecule has 3 nitrogen and oxygen atoms in total. The van der Waals surface area contributed by atoms with Crippen LogP contribution in [0.15, 0.2) is 84.9 Å². The molecule has 1 amide bonds. The number of rotatable bonds is 5. The van der Waals surface area contributed by atoms with Crippen molar-refractivity contribution in [1.29, 1.82) is 0 Å². The topological polar surface area (TPSA) is 32.3 Å². The molecule has 1 aliphatic rings. The number of nitrogens with one attached hydrogen (secondary N) is 1. The number of amides is 1. The minimum absolute atomic E-state index is 0.0323. The molecule has 1 aliphatic heterocycles. The van der Waals surface area contributed by atoms with Gasteiger partial charge in [0.15, 0.2) is 0 Å². The molecule has 5 rings (SSSR count). The summed E-state index contributed by atoms with van der Waals surface area (Å²) in [5.41, 5.74) is 4.00. The molecule has 4 aromatic carbocycles. The third kappa shape index (κ3) is 6.04. The number of hydrogen-bond acceptors (Lipinski definition) is 2. The Kier molecular flexibility index (Phi) is 7.48. The molecule has 0 aliphatic carbocycles. The molecule has 0 unspecified atom stereocenters. The quantitative estimate of drug-likeness (QED) is 0.268. The number of hydrogen-bond donors (Lipinski definition) is 1. The molecule has 0 radical (unpaired) electrons. The van der Waals surface area contributed by atoms with Crippen LogP contribution in [-0.4, -0.2) is 17.4 Å². The second-order valence-electron chi connectivity index (χ2n) is 9.30. The van der Waals surface area contributed by atoms with Crippen LogP contribution >= 0.6 is 23.2 Å². The van der Waals surface area contributed by atoms with E-state index in [1.54, 1.807) is 36.4 Å². The summed E-state index contributed by atoms with van der Waals surface area (Å²) in [6.45, 7) is 2.23. The number of nitrogens with zero attached hydrogens (tertiary/aromatic N) is 1. The SMILES string of the molecule is O=C(Nc1ccc2c(c1)CCN(Cc1cc(Cl)cc(Cl)c1)C2)c1cc(C(F)(F)F)ccc1-c1ccccc1. The largest absolute Gasteiger partial charge is 0.416 e. The van der Waals surface area contributed by atoms with Crippen molar-refractivity contribution in [2.24, 2.45) is 0 Å².